The van der Waals surface area contributed by atoms with Gasteiger partial charge in [0.15, 0.2) is 0 Å². The van der Waals surface area contributed by atoms with E-state index in [1.165, 1.54) is 12.8 Å². The summed E-state index contributed by atoms with van der Waals surface area (Å²) in [6.45, 7) is 3.19. The van der Waals surface area contributed by atoms with Gasteiger partial charge >= 0.3 is 0 Å². The van der Waals surface area contributed by atoms with E-state index >= 15 is 0 Å². The van der Waals surface area contributed by atoms with Gasteiger partial charge in [-0.2, -0.15) is 0 Å². The molecule has 1 N–H and O–H groups in total. The average molecular weight is 383 g/mol. The molecule has 6 heteroatoms. The smallest absolute Gasteiger partial charge is 0.227 e. The second-order valence-corrected chi connectivity index (χ2v) is 9.37. The van der Waals surface area contributed by atoms with Crippen molar-refractivity contribution in [3.05, 3.63) is 24.5 Å². The predicted molar refractivity (Wildman–Crippen MR) is 107 cm³/mol. The van der Waals surface area contributed by atoms with Crippen molar-refractivity contribution < 1.29 is 9.59 Å². The summed E-state index contributed by atoms with van der Waals surface area (Å²) in [4.78, 5) is 33.9. The fraction of sp³-hybridized carbons (Fsp3) is 0.682. The zero-order valence-electron chi connectivity index (χ0n) is 16.5. The van der Waals surface area contributed by atoms with Crippen molar-refractivity contribution in [2.75, 3.05) is 31.1 Å². The normalized spacial score (nSPS) is 28.9. The molecule has 2 saturated carbocycles. The monoisotopic (exact) mass is 382 g/mol. The molecule has 2 aliphatic carbocycles. The molecule has 2 saturated heterocycles. The molecule has 6 nitrogen and oxygen atoms in total. The number of nitrogens with zero attached hydrogens (tertiary/aromatic N) is 3. The fourth-order valence-corrected chi connectivity index (χ4v) is 5.38. The van der Waals surface area contributed by atoms with E-state index in [1.807, 2.05) is 17.0 Å². The first-order valence-electron chi connectivity index (χ1n) is 10.9. The van der Waals surface area contributed by atoms with Gasteiger partial charge in [-0.1, -0.05) is 0 Å². The Balaban J connectivity index is 1.13. The highest BCUT2D eigenvalue weighted by molar-refractivity contribution is 5.82. The van der Waals surface area contributed by atoms with E-state index in [1.54, 1.807) is 12.4 Å². The van der Waals surface area contributed by atoms with E-state index in [2.05, 4.69) is 15.2 Å². The van der Waals surface area contributed by atoms with Crippen LogP contribution in [-0.2, 0) is 9.59 Å². The van der Waals surface area contributed by atoms with Crippen LogP contribution in [0.25, 0.3) is 0 Å². The summed E-state index contributed by atoms with van der Waals surface area (Å²) in [7, 11) is 0. The van der Waals surface area contributed by atoms with E-state index < -0.39 is 0 Å². The van der Waals surface area contributed by atoms with Crippen LogP contribution in [0.2, 0.25) is 0 Å². The summed E-state index contributed by atoms with van der Waals surface area (Å²) in [5.74, 6) is 0.763. The summed E-state index contributed by atoms with van der Waals surface area (Å²) in [5, 5.41) is 3.25. The second kappa shape index (κ2) is 7.05. The number of hydrogen-bond acceptors (Lipinski definition) is 4. The third-order valence-electron chi connectivity index (χ3n) is 7.33. The first kappa shape index (κ1) is 18.0. The first-order valence-corrected chi connectivity index (χ1v) is 10.9. The number of pyridine rings is 1. The second-order valence-electron chi connectivity index (χ2n) is 9.37. The van der Waals surface area contributed by atoms with Crippen LogP contribution in [0, 0.1) is 17.3 Å². The van der Waals surface area contributed by atoms with E-state index in [4.69, 9.17) is 0 Å². The van der Waals surface area contributed by atoms with Crippen LogP contribution < -0.4 is 10.2 Å². The molecule has 1 aromatic heterocycles. The van der Waals surface area contributed by atoms with E-state index in [9.17, 15) is 9.59 Å². The molecule has 1 unspecified atom stereocenters. The lowest BCUT2D eigenvalue weighted by Crippen LogP contribution is -2.53. The Morgan fingerprint density at radius 1 is 1.04 bits per heavy atom. The fourth-order valence-electron chi connectivity index (χ4n) is 5.38. The molecule has 2 aliphatic heterocycles. The highest BCUT2D eigenvalue weighted by atomic mass is 16.2. The molecule has 28 heavy (non-hydrogen) atoms. The zero-order valence-corrected chi connectivity index (χ0v) is 16.5. The van der Waals surface area contributed by atoms with Gasteiger partial charge in [0.1, 0.15) is 0 Å². The van der Waals surface area contributed by atoms with E-state index in [0.29, 0.717) is 12.0 Å². The van der Waals surface area contributed by atoms with Crippen molar-refractivity contribution in [1.29, 1.82) is 0 Å². The quantitative estimate of drug-likeness (QED) is 0.867. The Hall–Kier alpha value is -2.11. The summed E-state index contributed by atoms with van der Waals surface area (Å²) in [5.41, 5.74) is 1.70. The molecule has 2 atom stereocenters. The molecule has 0 aromatic carbocycles. The van der Waals surface area contributed by atoms with Crippen molar-refractivity contribution in [1.82, 2.24) is 15.2 Å². The van der Waals surface area contributed by atoms with Crippen LogP contribution in [0.4, 0.5) is 5.69 Å². The zero-order chi connectivity index (χ0) is 19.1. The molecule has 0 radical (unpaired) electrons. The van der Waals surface area contributed by atoms with Crippen LogP contribution in [-0.4, -0.2) is 53.9 Å². The number of carbonyl (C=O) groups is 2. The maximum absolute atomic E-state index is 13.1. The van der Waals surface area contributed by atoms with Gasteiger partial charge in [-0.15, -0.1) is 0 Å². The minimum absolute atomic E-state index is 0.0592. The van der Waals surface area contributed by atoms with Gasteiger partial charge in [-0.25, -0.2) is 0 Å². The van der Waals surface area contributed by atoms with Crippen molar-refractivity contribution in [3.8, 4) is 0 Å². The van der Waals surface area contributed by atoms with Gasteiger partial charge in [-0.3, -0.25) is 14.6 Å². The minimum Gasteiger partial charge on any atom is -0.371 e. The van der Waals surface area contributed by atoms with Crippen LogP contribution in [0.5, 0.6) is 0 Å². The average Bonchev–Trinajstić information content (AvgIpc) is 3.36. The van der Waals surface area contributed by atoms with Crippen molar-refractivity contribution in [2.24, 2.45) is 17.3 Å². The Morgan fingerprint density at radius 2 is 1.82 bits per heavy atom. The van der Waals surface area contributed by atoms with Crippen LogP contribution in [0.15, 0.2) is 24.5 Å². The number of amides is 2. The number of hydrogen-bond donors (Lipinski definition) is 1. The first-order chi connectivity index (χ1) is 13.6. The number of anilines is 1. The van der Waals surface area contributed by atoms with Gasteiger partial charge in [-0.05, 0) is 62.5 Å². The highest BCUT2D eigenvalue weighted by Crippen LogP contribution is 2.63. The SMILES string of the molecule is O=C(N[C@@H]1CCCN(C(=O)C2CCN(c3ccncc3)C2)C1)C1CC2(CC2)C1. The Kier molecular flexibility index (Phi) is 4.52. The molecule has 4 fully saturated rings. The Morgan fingerprint density at radius 3 is 2.57 bits per heavy atom. The minimum atomic E-state index is 0.0592. The van der Waals surface area contributed by atoms with Gasteiger partial charge < -0.3 is 15.1 Å². The molecular formula is C22H30N4O2. The molecule has 150 valence electrons. The lowest BCUT2D eigenvalue weighted by atomic mass is 9.71. The van der Waals surface area contributed by atoms with Crippen LogP contribution in [0.3, 0.4) is 0 Å². The van der Waals surface area contributed by atoms with Crippen LogP contribution >= 0.6 is 0 Å². The molecule has 5 rings (SSSR count). The number of piperidine rings is 1. The molecule has 0 bridgehead atoms. The van der Waals surface area contributed by atoms with E-state index in [0.717, 1.165) is 57.4 Å². The maximum Gasteiger partial charge on any atom is 0.227 e. The lowest BCUT2D eigenvalue weighted by Gasteiger charge is -2.38. The summed E-state index contributed by atoms with van der Waals surface area (Å²) < 4.78 is 0. The molecule has 1 aromatic rings. The number of likely N-dealkylation sites (tertiary alicyclic amines) is 1. The van der Waals surface area contributed by atoms with Gasteiger partial charge in [0, 0.05) is 56.2 Å². The third kappa shape index (κ3) is 3.49. The van der Waals surface area contributed by atoms with Crippen LogP contribution in [0.1, 0.15) is 44.9 Å². The number of aromatic nitrogens is 1. The largest absolute Gasteiger partial charge is 0.371 e. The molecule has 2 amide bonds. The lowest BCUT2D eigenvalue weighted by molar-refractivity contribution is -0.138. The standard InChI is InChI=1S/C22H30N4O2/c27-20(17-12-22(13-17)6-7-22)24-18-2-1-10-26(15-18)21(28)16-5-11-25(14-16)19-3-8-23-9-4-19/h3-4,8-9,16-18H,1-2,5-7,10-15H2,(H,24,27)/t16?,18-/m1/s1. The third-order valence-corrected chi connectivity index (χ3v) is 7.33. The maximum atomic E-state index is 13.1. The van der Waals surface area contributed by atoms with Crippen molar-refractivity contribution >= 4 is 17.5 Å². The predicted octanol–water partition coefficient (Wildman–Crippen LogP) is 2.21. The summed E-state index contributed by atoms with van der Waals surface area (Å²) in [6, 6.07) is 4.13. The Labute approximate surface area is 166 Å². The van der Waals surface area contributed by atoms with Gasteiger partial charge in [0.2, 0.25) is 11.8 Å². The van der Waals surface area contributed by atoms with Crippen molar-refractivity contribution in [2.45, 2.75) is 51.0 Å². The number of carbonyl (C=O) groups excluding carboxylic acids is 2. The topological polar surface area (TPSA) is 65.5 Å². The molecular weight excluding hydrogens is 352 g/mol. The summed E-state index contributed by atoms with van der Waals surface area (Å²) in [6.07, 6.45) is 11.3. The Bertz CT molecular complexity index is 740. The molecule has 3 heterocycles. The van der Waals surface area contributed by atoms with E-state index in [-0.39, 0.29) is 29.7 Å². The van der Waals surface area contributed by atoms with Gasteiger partial charge in [0.25, 0.3) is 0 Å². The highest BCUT2D eigenvalue weighted by Gasteiger charge is 2.55. The van der Waals surface area contributed by atoms with Crippen molar-refractivity contribution in [3.63, 3.8) is 0 Å². The number of rotatable bonds is 4. The van der Waals surface area contributed by atoms with Gasteiger partial charge in [0.05, 0.1) is 5.92 Å². The molecule has 4 aliphatic rings. The number of nitrogens with one attached hydrogen (secondary N) is 1. The summed E-state index contributed by atoms with van der Waals surface area (Å²) >= 11 is 0. The molecule has 1 spiro atoms.